The minimum Gasteiger partial charge on any atom is -0.392 e. The molecule has 0 bridgehead atoms. The zero-order valence-corrected chi connectivity index (χ0v) is 11.3. The molecule has 0 aromatic carbocycles. The maximum atomic E-state index is 5.85. The van der Waals surface area contributed by atoms with E-state index >= 15 is 0 Å². The van der Waals surface area contributed by atoms with E-state index in [0.717, 1.165) is 17.9 Å². The quantitative estimate of drug-likeness (QED) is 0.752. The molecule has 2 rings (SSSR count). The molecule has 3 heteroatoms. The van der Waals surface area contributed by atoms with Crippen LogP contribution in [0.25, 0.3) is 0 Å². The van der Waals surface area contributed by atoms with Gasteiger partial charge in [0.25, 0.3) is 0 Å². The molecule has 0 radical (unpaired) electrons. The Morgan fingerprint density at radius 1 is 1.19 bits per heavy atom. The second-order valence-electron chi connectivity index (χ2n) is 5.72. The normalized spacial score (nSPS) is 41.1. The summed E-state index contributed by atoms with van der Waals surface area (Å²) < 4.78 is 0. The van der Waals surface area contributed by atoms with Crippen LogP contribution in [0.2, 0.25) is 0 Å². The van der Waals surface area contributed by atoms with E-state index in [0.29, 0.717) is 11.0 Å². The Bertz CT molecular complexity index is 267. The van der Waals surface area contributed by atoms with Crippen LogP contribution in [-0.2, 0) is 0 Å². The Hall–Kier alpha value is -0.150. The molecule has 4 atom stereocenters. The fourth-order valence-electron chi connectivity index (χ4n) is 3.35. The molecule has 1 aliphatic carbocycles. The Balaban J connectivity index is 1.99. The van der Waals surface area contributed by atoms with Crippen molar-refractivity contribution in [1.82, 2.24) is 4.90 Å². The van der Waals surface area contributed by atoms with Gasteiger partial charge in [-0.1, -0.05) is 26.1 Å². The van der Waals surface area contributed by atoms with Gasteiger partial charge in [-0.25, -0.2) is 0 Å². The van der Waals surface area contributed by atoms with Crippen LogP contribution in [0.3, 0.4) is 0 Å². The van der Waals surface area contributed by atoms with Gasteiger partial charge in [0.15, 0.2) is 0 Å². The SMILES string of the molecule is CC1CCC(N2CCCC2C(N)=S)CC1C. The number of likely N-dealkylation sites (tertiary alicyclic amines) is 1. The fraction of sp³-hybridized carbons (Fsp3) is 0.923. The Morgan fingerprint density at radius 2 is 1.94 bits per heavy atom. The van der Waals surface area contributed by atoms with Gasteiger partial charge in [0.05, 0.1) is 11.0 Å². The highest BCUT2D eigenvalue weighted by atomic mass is 32.1. The zero-order chi connectivity index (χ0) is 11.7. The van der Waals surface area contributed by atoms with E-state index in [2.05, 4.69) is 18.7 Å². The molecule has 1 aliphatic heterocycles. The summed E-state index contributed by atoms with van der Waals surface area (Å²) in [7, 11) is 0. The van der Waals surface area contributed by atoms with Gasteiger partial charge in [0, 0.05) is 6.04 Å². The summed E-state index contributed by atoms with van der Waals surface area (Å²) in [5.41, 5.74) is 5.85. The average Bonchev–Trinajstić information content (AvgIpc) is 2.71. The molecule has 2 fully saturated rings. The average molecular weight is 240 g/mol. The minimum absolute atomic E-state index is 0.389. The molecule has 2 N–H and O–H groups in total. The highest BCUT2D eigenvalue weighted by Gasteiger charge is 2.35. The van der Waals surface area contributed by atoms with Gasteiger partial charge in [-0.15, -0.1) is 0 Å². The highest BCUT2D eigenvalue weighted by Crippen LogP contribution is 2.35. The molecule has 0 aromatic rings. The van der Waals surface area contributed by atoms with Crippen molar-refractivity contribution >= 4 is 17.2 Å². The molecule has 4 unspecified atom stereocenters. The van der Waals surface area contributed by atoms with Crippen LogP contribution in [0.5, 0.6) is 0 Å². The Labute approximate surface area is 105 Å². The number of rotatable bonds is 2. The van der Waals surface area contributed by atoms with Crippen LogP contribution in [0.15, 0.2) is 0 Å². The molecule has 92 valence electrons. The van der Waals surface area contributed by atoms with Gasteiger partial charge in [-0.3, -0.25) is 4.90 Å². The van der Waals surface area contributed by atoms with Gasteiger partial charge in [0.1, 0.15) is 0 Å². The van der Waals surface area contributed by atoms with Crippen molar-refractivity contribution in [2.24, 2.45) is 17.6 Å². The van der Waals surface area contributed by atoms with Crippen molar-refractivity contribution in [2.75, 3.05) is 6.54 Å². The smallest absolute Gasteiger partial charge is 0.0902 e. The number of hydrogen-bond acceptors (Lipinski definition) is 2. The lowest BCUT2D eigenvalue weighted by Crippen LogP contribution is -2.47. The first-order chi connectivity index (χ1) is 7.59. The number of thiocarbonyl (C=S) groups is 1. The van der Waals surface area contributed by atoms with Crippen LogP contribution in [0, 0.1) is 11.8 Å². The minimum atomic E-state index is 0.389. The predicted octanol–water partition coefficient (Wildman–Crippen LogP) is 2.56. The molecule has 16 heavy (non-hydrogen) atoms. The summed E-state index contributed by atoms with van der Waals surface area (Å²) in [5.74, 6) is 1.74. The van der Waals surface area contributed by atoms with Gasteiger partial charge in [-0.05, 0) is 50.5 Å². The standard InChI is InChI=1S/C13H24N2S/c1-9-5-6-11(8-10(9)2)15-7-3-4-12(15)13(14)16/h9-12H,3-8H2,1-2H3,(H2,14,16). The largest absolute Gasteiger partial charge is 0.392 e. The van der Waals surface area contributed by atoms with Crippen molar-refractivity contribution in [3.8, 4) is 0 Å². The maximum Gasteiger partial charge on any atom is 0.0902 e. The Morgan fingerprint density at radius 3 is 2.56 bits per heavy atom. The number of nitrogens with zero attached hydrogens (tertiary/aromatic N) is 1. The Kier molecular flexibility index (Phi) is 3.85. The molecule has 0 spiro atoms. The highest BCUT2D eigenvalue weighted by molar-refractivity contribution is 7.80. The molecule has 2 aliphatic rings. The molecule has 1 saturated heterocycles. The third-order valence-corrected chi connectivity index (χ3v) is 4.93. The maximum absolute atomic E-state index is 5.85. The molecule has 0 amide bonds. The zero-order valence-electron chi connectivity index (χ0n) is 10.5. The summed E-state index contributed by atoms with van der Waals surface area (Å²) in [4.78, 5) is 3.30. The van der Waals surface area contributed by atoms with Gasteiger partial charge < -0.3 is 5.73 Å². The lowest BCUT2D eigenvalue weighted by atomic mass is 9.78. The van der Waals surface area contributed by atoms with Crippen molar-refractivity contribution < 1.29 is 0 Å². The topological polar surface area (TPSA) is 29.3 Å². The summed E-state index contributed by atoms with van der Waals surface area (Å²) in [6.45, 7) is 5.98. The summed E-state index contributed by atoms with van der Waals surface area (Å²) in [6.07, 6.45) is 6.48. The van der Waals surface area contributed by atoms with Crippen LogP contribution in [0.4, 0.5) is 0 Å². The fourth-order valence-corrected chi connectivity index (χ4v) is 3.61. The number of hydrogen-bond donors (Lipinski definition) is 1. The van der Waals surface area contributed by atoms with E-state index in [1.807, 2.05) is 0 Å². The summed E-state index contributed by atoms with van der Waals surface area (Å²) >= 11 is 5.19. The van der Waals surface area contributed by atoms with Crippen LogP contribution < -0.4 is 5.73 Å². The van der Waals surface area contributed by atoms with Crippen LogP contribution in [0.1, 0.15) is 46.0 Å². The summed E-state index contributed by atoms with van der Waals surface area (Å²) in [6, 6.07) is 1.13. The first kappa shape index (κ1) is 12.3. The molecule has 1 heterocycles. The molecular formula is C13H24N2S. The lowest BCUT2D eigenvalue weighted by Gasteiger charge is -2.39. The van der Waals surface area contributed by atoms with Gasteiger partial charge in [-0.2, -0.15) is 0 Å². The van der Waals surface area contributed by atoms with Gasteiger partial charge >= 0.3 is 0 Å². The molecule has 0 aromatic heterocycles. The van der Waals surface area contributed by atoms with Gasteiger partial charge in [0.2, 0.25) is 0 Å². The molecular weight excluding hydrogens is 216 g/mol. The predicted molar refractivity (Wildman–Crippen MR) is 72.5 cm³/mol. The summed E-state index contributed by atoms with van der Waals surface area (Å²) in [5, 5.41) is 0. The van der Waals surface area contributed by atoms with E-state index in [-0.39, 0.29) is 0 Å². The third-order valence-electron chi connectivity index (χ3n) is 4.66. The second kappa shape index (κ2) is 5.01. The van der Waals surface area contributed by atoms with Crippen LogP contribution in [-0.4, -0.2) is 28.5 Å². The van der Waals surface area contributed by atoms with Crippen molar-refractivity contribution in [3.05, 3.63) is 0 Å². The third kappa shape index (κ3) is 2.40. The van der Waals surface area contributed by atoms with Crippen molar-refractivity contribution in [2.45, 2.75) is 58.0 Å². The molecule has 2 nitrogen and oxygen atoms in total. The van der Waals surface area contributed by atoms with Crippen molar-refractivity contribution in [3.63, 3.8) is 0 Å². The van der Waals surface area contributed by atoms with E-state index in [4.69, 9.17) is 18.0 Å². The van der Waals surface area contributed by atoms with E-state index < -0.39 is 0 Å². The van der Waals surface area contributed by atoms with Crippen LogP contribution >= 0.6 is 12.2 Å². The first-order valence-corrected chi connectivity index (χ1v) is 7.05. The monoisotopic (exact) mass is 240 g/mol. The van der Waals surface area contributed by atoms with E-state index in [1.54, 1.807) is 0 Å². The molecule has 1 saturated carbocycles. The first-order valence-electron chi connectivity index (χ1n) is 6.64. The number of nitrogens with two attached hydrogens (primary N) is 1. The van der Waals surface area contributed by atoms with E-state index in [9.17, 15) is 0 Å². The van der Waals surface area contributed by atoms with Crippen molar-refractivity contribution in [1.29, 1.82) is 0 Å². The second-order valence-corrected chi connectivity index (χ2v) is 6.19. The van der Waals surface area contributed by atoms with E-state index in [1.165, 1.54) is 38.6 Å². The lowest BCUT2D eigenvalue weighted by molar-refractivity contribution is 0.117.